The van der Waals surface area contributed by atoms with Crippen LogP contribution in [0.1, 0.15) is 79.1 Å². The summed E-state index contributed by atoms with van der Waals surface area (Å²) in [5, 5.41) is 0. The van der Waals surface area contributed by atoms with Gasteiger partial charge in [-0.2, -0.15) is 0 Å². The van der Waals surface area contributed by atoms with E-state index < -0.39 is 0 Å². The molecule has 3 nitrogen and oxygen atoms in total. The number of ether oxygens (including phenoxy) is 1. The SMILES string of the molecule is CCCCCCCC[N+](C)(C)CC(=O)OCC=C(C)CCC=C(C)C. The summed E-state index contributed by atoms with van der Waals surface area (Å²) in [7, 11) is 4.24. The van der Waals surface area contributed by atoms with Gasteiger partial charge < -0.3 is 9.22 Å². The zero-order chi connectivity index (χ0) is 19.1. The topological polar surface area (TPSA) is 26.3 Å². The molecule has 0 atom stereocenters. The molecule has 0 aliphatic rings. The first-order chi connectivity index (χ1) is 11.8. The quantitative estimate of drug-likeness (QED) is 0.174. The Labute approximate surface area is 156 Å². The van der Waals surface area contributed by atoms with Crippen LogP contribution in [-0.4, -0.2) is 44.2 Å². The van der Waals surface area contributed by atoms with E-state index in [1.54, 1.807) is 0 Å². The molecule has 25 heavy (non-hydrogen) atoms. The average Bonchev–Trinajstić information content (AvgIpc) is 2.49. The minimum Gasteiger partial charge on any atom is -0.457 e. The second-order valence-electron chi connectivity index (χ2n) is 8.14. The lowest BCUT2D eigenvalue weighted by molar-refractivity contribution is -0.883. The number of nitrogens with zero attached hydrogens (tertiary/aromatic N) is 1. The number of hydrogen-bond acceptors (Lipinski definition) is 2. The number of allylic oxidation sites excluding steroid dienone is 3. The van der Waals surface area contributed by atoms with Crippen molar-refractivity contribution < 1.29 is 14.0 Å². The molecule has 0 aliphatic carbocycles. The Balaban J connectivity index is 3.92. The van der Waals surface area contributed by atoms with E-state index >= 15 is 0 Å². The minimum atomic E-state index is -0.0932. The molecule has 0 heterocycles. The van der Waals surface area contributed by atoms with Crippen molar-refractivity contribution in [3.8, 4) is 0 Å². The van der Waals surface area contributed by atoms with Gasteiger partial charge in [-0.3, -0.25) is 0 Å². The minimum absolute atomic E-state index is 0.0932. The maximum absolute atomic E-state index is 12.0. The molecule has 0 rings (SSSR count). The summed E-state index contributed by atoms with van der Waals surface area (Å²) in [5.41, 5.74) is 2.63. The third-order valence-corrected chi connectivity index (χ3v) is 4.44. The van der Waals surface area contributed by atoms with Crippen molar-refractivity contribution in [3.63, 3.8) is 0 Å². The fraction of sp³-hybridized carbons (Fsp3) is 0.773. The molecule has 0 aromatic rings. The van der Waals surface area contributed by atoms with E-state index in [0.717, 1.165) is 23.9 Å². The maximum atomic E-state index is 12.0. The van der Waals surface area contributed by atoms with Crippen molar-refractivity contribution in [2.75, 3.05) is 33.8 Å². The molecule has 0 amide bonds. The number of unbranched alkanes of at least 4 members (excludes halogenated alkanes) is 5. The summed E-state index contributed by atoms with van der Waals surface area (Å²) in [4.78, 5) is 12.0. The van der Waals surface area contributed by atoms with Gasteiger partial charge in [-0.05, 0) is 52.5 Å². The Morgan fingerprint density at radius 3 is 2.24 bits per heavy atom. The summed E-state index contributed by atoms with van der Waals surface area (Å²) >= 11 is 0. The molecule has 0 aliphatic heterocycles. The first-order valence-corrected chi connectivity index (χ1v) is 10.0. The molecule has 146 valence electrons. The van der Waals surface area contributed by atoms with Crippen LogP contribution in [0.2, 0.25) is 0 Å². The summed E-state index contributed by atoms with van der Waals surface area (Å²) in [6.45, 7) is 10.5. The Hall–Kier alpha value is -1.09. The fourth-order valence-electron chi connectivity index (χ4n) is 2.76. The van der Waals surface area contributed by atoms with Gasteiger partial charge in [0.2, 0.25) is 0 Å². The molecule has 3 heteroatoms. The molecule has 0 spiro atoms. The van der Waals surface area contributed by atoms with Gasteiger partial charge in [0.05, 0.1) is 20.6 Å². The van der Waals surface area contributed by atoms with E-state index in [-0.39, 0.29) is 5.97 Å². The third kappa shape index (κ3) is 16.1. The van der Waals surface area contributed by atoms with E-state index in [0.29, 0.717) is 13.2 Å². The fourth-order valence-corrected chi connectivity index (χ4v) is 2.76. The number of rotatable bonds is 14. The van der Waals surface area contributed by atoms with Crippen LogP contribution in [0.3, 0.4) is 0 Å². The van der Waals surface area contributed by atoms with Gasteiger partial charge in [0.1, 0.15) is 6.61 Å². The van der Waals surface area contributed by atoms with Gasteiger partial charge >= 0.3 is 5.97 Å². The van der Waals surface area contributed by atoms with Gasteiger partial charge in [-0.25, -0.2) is 4.79 Å². The Bertz CT molecular complexity index is 418. The van der Waals surface area contributed by atoms with Crippen LogP contribution < -0.4 is 0 Å². The number of hydrogen-bond donors (Lipinski definition) is 0. The average molecular weight is 353 g/mol. The van der Waals surface area contributed by atoms with Gasteiger partial charge in [0.25, 0.3) is 0 Å². The molecule has 0 bridgehead atoms. The maximum Gasteiger partial charge on any atom is 0.362 e. The van der Waals surface area contributed by atoms with Crippen LogP contribution in [0.25, 0.3) is 0 Å². The molecule has 0 aromatic carbocycles. The first-order valence-electron chi connectivity index (χ1n) is 10.0. The summed E-state index contributed by atoms with van der Waals surface area (Å²) in [5.74, 6) is -0.0932. The number of quaternary nitrogens is 1. The molecule has 0 saturated heterocycles. The van der Waals surface area contributed by atoms with Crippen LogP contribution in [0.15, 0.2) is 23.3 Å². The largest absolute Gasteiger partial charge is 0.457 e. The van der Waals surface area contributed by atoms with Crippen molar-refractivity contribution in [3.05, 3.63) is 23.3 Å². The normalized spacial score (nSPS) is 12.2. The molecular weight excluding hydrogens is 310 g/mol. The van der Waals surface area contributed by atoms with Crippen LogP contribution in [0.4, 0.5) is 0 Å². The van der Waals surface area contributed by atoms with E-state index in [1.165, 1.54) is 49.7 Å². The van der Waals surface area contributed by atoms with Gasteiger partial charge in [-0.1, -0.05) is 49.8 Å². The van der Waals surface area contributed by atoms with Crippen molar-refractivity contribution in [1.29, 1.82) is 0 Å². The molecule has 0 saturated carbocycles. The first kappa shape index (κ1) is 23.9. The molecule has 0 aromatic heterocycles. The van der Waals surface area contributed by atoms with Crippen LogP contribution >= 0.6 is 0 Å². The smallest absolute Gasteiger partial charge is 0.362 e. The Kier molecular flexibility index (Phi) is 13.5. The predicted molar refractivity (Wildman–Crippen MR) is 109 cm³/mol. The van der Waals surface area contributed by atoms with Crippen LogP contribution in [0.5, 0.6) is 0 Å². The lowest BCUT2D eigenvalue weighted by Gasteiger charge is -2.28. The van der Waals surface area contributed by atoms with E-state index in [2.05, 4.69) is 47.9 Å². The lowest BCUT2D eigenvalue weighted by Crippen LogP contribution is -2.45. The van der Waals surface area contributed by atoms with Crippen molar-refractivity contribution in [2.24, 2.45) is 0 Å². The zero-order valence-electron chi connectivity index (χ0n) is 17.7. The summed E-state index contributed by atoms with van der Waals surface area (Å²) < 4.78 is 6.11. The molecule has 0 fully saturated rings. The highest BCUT2D eigenvalue weighted by Crippen LogP contribution is 2.09. The second-order valence-corrected chi connectivity index (χ2v) is 8.14. The third-order valence-electron chi connectivity index (χ3n) is 4.44. The van der Waals surface area contributed by atoms with Gasteiger partial charge in [0.15, 0.2) is 6.54 Å². The van der Waals surface area contributed by atoms with E-state index in [4.69, 9.17) is 4.74 Å². The second kappa shape index (κ2) is 14.1. The number of carbonyl (C=O) groups excluding carboxylic acids is 1. The predicted octanol–water partition coefficient (Wildman–Crippen LogP) is 5.66. The van der Waals surface area contributed by atoms with Crippen LogP contribution in [-0.2, 0) is 9.53 Å². The van der Waals surface area contributed by atoms with Gasteiger partial charge in [0, 0.05) is 0 Å². The Morgan fingerprint density at radius 2 is 1.60 bits per heavy atom. The van der Waals surface area contributed by atoms with Crippen molar-refractivity contribution in [2.45, 2.75) is 79.1 Å². The Morgan fingerprint density at radius 1 is 0.960 bits per heavy atom. The number of esters is 1. The summed E-state index contributed by atoms with van der Waals surface area (Å²) in [6.07, 6.45) is 14.1. The van der Waals surface area contributed by atoms with Gasteiger partial charge in [-0.15, -0.1) is 0 Å². The van der Waals surface area contributed by atoms with Crippen molar-refractivity contribution >= 4 is 5.97 Å². The highest BCUT2D eigenvalue weighted by atomic mass is 16.5. The van der Waals surface area contributed by atoms with E-state index in [1.807, 2.05) is 6.08 Å². The van der Waals surface area contributed by atoms with Crippen molar-refractivity contribution in [1.82, 2.24) is 0 Å². The molecule has 0 unspecified atom stereocenters. The van der Waals surface area contributed by atoms with E-state index in [9.17, 15) is 4.79 Å². The zero-order valence-corrected chi connectivity index (χ0v) is 17.7. The van der Waals surface area contributed by atoms with Crippen LogP contribution in [0, 0.1) is 0 Å². The monoisotopic (exact) mass is 352 g/mol. The highest BCUT2D eigenvalue weighted by molar-refractivity contribution is 5.70. The summed E-state index contributed by atoms with van der Waals surface area (Å²) in [6, 6.07) is 0. The lowest BCUT2D eigenvalue weighted by atomic mass is 10.1. The number of likely N-dealkylation sites (N-methyl/N-ethyl adjacent to an activating group) is 1. The number of carbonyl (C=O) groups is 1. The molecule has 0 radical (unpaired) electrons. The molecular formula is C22H42NO2+. The highest BCUT2D eigenvalue weighted by Gasteiger charge is 2.20. The molecule has 0 N–H and O–H groups in total. The standard InChI is InChI=1S/C22H42NO2/c1-7-8-9-10-11-12-17-23(5,6)19-22(24)25-18-16-21(4)15-13-14-20(2)3/h14,16H,7-13,15,17-19H2,1-6H3/q+1.